The topological polar surface area (TPSA) is 119 Å². The Hall–Kier alpha value is -3.92. The highest BCUT2D eigenvalue weighted by Gasteiger charge is 2.20. The number of hydrogen-bond acceptors (Lipinski definition) is 6. The molecule has 0 unspecified atom stereocenters. The first-order valence-electron chi connectivity index (χ1n) is 9.08. The Kier molecular flexibility index (Phi) is 6.51. The van der Waals surface area contributed by atoms with Gasteiger partial charge in [-0.3, -0.25) is 19.2 Å². The predicted molar refractivity (Wildman–Crippen MR) is 116 cm³/mol. The molecule has 0 saturated heterocycles. The van der Waals surface area contributed by atoms with Crippen LogP contribution >= 0.6 is 0 Å². The Morgan fingerprint density at radius 3 is 2.35 bits per heavy atom. The standard InChI is InChI=1S/C21H19N3O6S/c1-23(31(28,29)20-8-3-2-4-9-20)17-10-12-19(13-11-17)30-15-21(25)22-16-6-5-7-18(14-16)24(26)27/h2-14H,15H2,1H3,(H,22,25). The van der Waals surface area contributed by atoms with Gasteiger partial charge in [-0.1, -0.05) is 24.3 Å². The number of carbonyl (C=O) groups excluding carboxylic acids is 1. The summed E-state index contributed by atoms with van der Waals surface area (Å²) in [6, 6.07) is 19.9. The summed E-state index contributed by atoms with van der Waals surface area (Å²) in [4.78, 5) is 22.5. The van der Waals surface area contributed by atoms with Crippen molar-refractivity contribution >= 4 is 33.0 Å². The number of amides is 1. The molecule has 0 spiro atoms. The van der Waals surface area contributed by atoms with Crippen LogP contribution in [0.5, 0.6) is 5.75 Å². The lowest BCUT2D eigenvalue weighted by Crippen LogP contribution is -2.26. The molecule has 0 fully saturated rings. The highest BCUT2D eigenvalue weighted by Crippen LogP contribution is 2.24. The average molecular weight is 441 g/mol. The van der Waals surface area contributed by atoms with Gasteiger partial charge in [0, 0.05) is 24.9 Å². The third-order valence-electron chi connectivity index (χ3n) is 4.31. The fourth-order valence-electron chi connectivity index (χ4n) is 2.68. The van der Waals surface area contributed by atoms with Crippen molar-refractivity contribution in [2.75, 3.05) is 23.3 Å². The van der Waals surface area contributed by atoms with Crippen LogP contribution in [-0.4, -0.2) is 32.9 Å². The maximum absolute atomic E-state index is 12.7. The highest BCUT2D eigenvalue weighted by atomic mass is 32.2. The summed E-state index contributed by atoms with van der Waals surface area (Å²) < 4.78 is 31.9. The smallest absolute Gasteiger partial charge is 0.271 e. The van der Waals surface area contributed by atoms with Crippen molar-refractivity contribution in [2.24, 2.45) is 0 Å². The van der Waals surface area contributed by atoms with E-state index in [2.05, 4.69) is 5.32 Å². The minimum absolute atomic E-state index is 0.135. The fraction of sp³-hybridized carbons (Fsp3) is 0.0952. The number of anilines is 2. The van der Waals surface area contributed by atoms with E-state index in [0.717, 1.165) is 4.31 Å². The quantitative estimate of drug-likeness (QED) is 0.422. The Bertz CT molecular complexity index is 1180. The van der Waals surface area contributed by atoms with Crippen molar-refractivity contribution < 1.29 is 22.9 Å². The minimum atomic E-state index is -3.69. The second-order valence-electron chi connectivity index (χ2n) is 6.42. The minimum Gasteiger partial charge on any atom is -0.484 e. The van der Waals surface area contributed by atoms with Gasteiger partial charge in [0.25, 0.3) is 21.6 Å². The monoisotopic (exact) mass is 441 g/mol. The SMILES string of the molecule is CN(c1ccc(OCC(=O)Nc2cccc([N+](=O)[O-])c2)cc1)S(=O)(=O)c1ccccc1. The van der Waals surface area contributed by atoms with Gasteiger partial charge in [-0.15, -0.1) is 0 Å². The van der Waals surface area contributed by atoms with Crippen molar-refractivity contribution in [3.05, 3.63) is 89.0 Å². The Morgan fingerprint density at radius 1 is 1.03 bits per heavy atom. The lowest BCUT2D eigenvalue weighted by molar-refractivity contribution is -0.384. The van der Waals surface area contributed by atoms with Gasteiger partial charge in [0.15, 0.2) is 6.61 Å². The van der Waals surface area contributed by atoms with Crippen LogP contribution < -0.4 is 14.4 Å². The van der Waals surface area contributed by atoms with Gasteiger partial charge in [0.1, 0.15) is 5.75 Å². The molecule has 31 heavy (non-hydrogen) atoms. The number of carbonyl (C=O) groups is 1. The van der Waals surface area contributed by atoms with Crippen molar-refractivity contribution in [3.8, 4) is 5.75 Å². The molecular weight excluding hydrogens is 422 g/mol. The number of ether oxygens (including phenoxy) is 1. The molecule has 0 aliphatic heterocycles. The van der Waals surface area contributed by atoms with Crippen molar-refractivity contribution in [3.63, 3.8) is 0 Å². The lowest BCUT2D eigenvalue weighted by atomic mass is 10.3. The molecule has 0 bridgehead atoms. The van der Waals surface area contributed by atoms with Gasteiger partial charge >= 0.3 is 0 Å². The Morgan fingerprint density at radius 2 is 1.71 bits per heavy atom. The van der Waals surface area contributed by atoms with E-state index in [4.69, 9.17) is 4.74 Å². The van der Waals surface area contributed by atoms with Gasteiger partial charge in [0.05, 0.1) is 15.5 Å². The second-order valence-corrected chi connectivity index (χ2v) is 8.39. The molecule has 160 valence electrons. The molecular formula is C21H19N3O6S. The summed E-state index contributed by atoms with van der Waals surface area (Å²) in [6.45, 7) is -0.319. The molecule has 10 heteroatoms. The molecule has 1 amide bonds. The van der Waals surface area contributed by atoms with Gasteiger partial charge in [-0.05, 0) is 42.5 Å². The number of hydrogen-bond donors (Lipinski definition) is 1. The Labute approximate surface area is 179 Å². The van der Waals surface area contributed by atoms with E-state index in [1.807, 2.05) is 0 Å². The van der Waals surface area contributed by atoms with Crippen LogP contribution in [0, 0.1) is 10.1 Å². The van der Waals surface area contributed by atoms with Crippen LogP contribution in [0.25, 0.3) is 0 Å². The highest BCUT2D eigenvalue weighted by molar-refractivity contribution is 7.92. The summed E-state index contributed by atoms with van der Waals surface area (Å²) in [7, 11) is -2.25. The average Bonchev–Trinajstić information content (AvgIpc) is 2.78. The van der Waals surface area contributed by atoms with Gasteiger partial charge in [0.2, 0.25) is 0 Å². The summed E-state index contributed by atoms with van der Waals surface area (Å²) in [6.07, 6.45) is 0. The number of nitro groups is 1. The van der Waals surface area contributed by atoms with Crippen LogP contribution in [0.4, 0.5) is 17.1 Å². The third kappa shape index (κ3) is 5.37. The Balaban J connectivity index is 1.60. The fourth-order valence-corrected chi connectivity index (χ4v) is 3.90. The number of benzene rings is 3. The van der Waals surface area contributed by atoms with E-state index in [9.17, 15) is 23.3 Å². The lowest BCUT2D eigenvalue weighted by Gasteiger charge is -2.19. The maximum Gasteiger partial charge on any atom is 0.271 e. The second kappa shape index (κ2) is 9.26. The van der Waals surface area contributed by atoms with Crippen LogP contribution in [0.15, 0.2) is 83.8 Å². The maximum atomic E-state index is 12.7. The zero-order chi connectivity index (χ0) is 22.4. The molecule has 0 aliphatic carbocycles. The van der Waals surface area contributed by atoms with E-state index in [1.54, 1.807) is 42.5 Å². The van der Waals surface area contributed by atoms with Crippen LogP contribution in [-0.2, 0) is 14.8 Å². The summed E-state index contributed by atoms with van der Waals surface area (Å²) >= 11 is 0. The number of nitrogens with one attached hydrogen (secondary N) is 1. The first kappa shape index (κ1) is 21.8. The summed E-state index contributed by atoms with van der Waals surface area (Å²) in [5.41, 5.74) is 0.576. The van der Waals surface area contributed by atoms with E-state index in [1.165, 1.54) is 43.4 Å². The number of rotatable bonds is 8. The summed E-state index contributed by atoms with van der Waals surface area (Å²) in [5, 5.41) is 13.3. The van der Waals surface area contributed by atoms with Crippen LogP contribution in [0.2, 0.25) is 0 Å². The molecule has 0 heterocycles. The molecule has 0 radical (unpaired) electrons. The van der Waals surface area contributed by atoms with Gasteiger partial charge < -0.3 is 10.1 Å². The number of non-ortho nitro benzene ring substituents is 1. The molecule has 0 saturated carbocycles. The van der Waals surface area contributed by atoms with Crippen molar-refractivity contribution in [1.82, 2.24) is 0 Å². The first-order valence-corrected chi connectivity index (χ1v) is 10.5. The molecule has 3 rings (SSSR count). The predicted octanol–water partition coefficient (Wildman–Crippen LogP) is 3.44. The van der Waals surface area contributed by atoms with E-state index < -0.39 is 20.9 Å². The van der Waals surface area contributed by atoms with Gasteiger partial charge in [-0.25, -0.2) is 8.42 Å². The molecule has 3 aromatic rings. The zero-order valence-corrected chi connectivity index (χ0v) is 17.3. The molecule has 0 aromatic heterocycles. The van der Waals surface area contributed by atoms with Crippen molar-refractivity contribution in [1.29, 1.82) is 0 Å². The number of sulfonamides is 1. The molecule has 3 aromatic carbocycles. The van der Waals surface area contributed by atoms with Crippen LogP contribution in [0.1, 0.15) is 0 Å². The van der Waals surface area contributed by atoms with E-state index in [0.29, 0.717) is 11.4 Å². The molecule has 0 aliphatic rings. The van der Waals surface area contributed by atoms with Crippen LogP contribution in [0.3, 0.4) is 0 Å². The van der Waals surface area contributed by atoms with E-state index in [-0.39, 0.29) is 22.9 Å². The normalized spacial score (nSPS) is 10.9. The summed E-state index contributed by atoms with van der Waals surface area (Å²) in [5.74, 6) is -0.128. The molecule has 1 N–H and O–H groups in total. The van der Waals surface area contributed by atoms with Crippen molar-refractivity contribution in [2.45, 2.75) is 4.90 Å². The zero-order valence-electron chi connectivity index (χ0n) is 16.5. The number of nitro benzene ring substituents is 1. The van der Waals surface area contributed by atoms with E-state index >= 15 is 0 Å². The molecule has 0 atom stereocenters. The molecule has 9 nitrogen and oxygen atoms in total. The first-order chi connectivity index (χ1) is 14.8. The largest absolute Gasteiger partial charge is 0.484 e. The van der Waals surface area contributed by atoms with Gasteiger partial charge in [-0.2, -0.15) is 0 Å². The number of nitrogens with zero attached hydrogens (tertiary/aromatic N) is 2. The third-order valence-corrected chi connectivity index (χ3v) is 6.11.